The highest BCUT2D eigenvalue weighted by molar-refractivity contribution is 6.31. The van der Waals surface area contributed by atoms with Gasteiger partial charge in [-0.1, -0.05) is 25.4 Å². The second kappa shape index (κ2) is 6.66. The molecular formula is C14H16ClFO3. The largest absolute Gasteiger partial charge is 0.465 e. The van der Waals surface area contributed by atoms with Gasteiger partial charge in [-0.25, -0.2) is 4.39 Å². The standard InChI is InChI=1S/C14H16ClFO3/c1-4-19-14(18)12(8(2)3)13(17)10-7-9(15)5-6-11(10)16/h5-8,12H,4H2,1-3H3. The third-order valence-corrected chi connectivity index (χ3v) is 2.92. The maximum absolute atomic E-state index is 13.7. The Morgan fingerprint density at radius 2 is 2.00 bits per heavy atom. The van der Waals surface area contributed by atoms with E-state index in [2.05, 4.69) is 0 Å². The highest BCUT2D eigenvalue weighted by Crippen LogP contribution is 2.23. The van der Waals surface area contributed by atoms with Crippen LogP contribution in [0.25, 0.3) is 0 Å². The van der Waals surface area contributed by atoms with Crippen LogP contribution < -0.4 is 0 Å². The number of halogens is 2. The van der Waals surface area contributed by atoms with E-state index in [4.69, 9.17) is 16.3 Å². The average molecular weight is 287 g/mol. The third kappa shape index (κ3) is 3.77. The number of ketones is 1. The summed E-state index contributed by atoms with van der Waals surface area (Å²) in [6, 6.07) is 3.69. The van der Waals surface area contributed by atoms with Gasteiger partial charge in [-0.15, -0.1) is 0 Å². The fraction of sp³-hybridized carbons (Fsp3) is 0.429. The van der Waals surface area contributed by atoms with Crippen molar-refractivity contribution >= 4 is 23.4 Å². The number of esters is 1. The highest BCUT2D eigenvalue weighted by atomic mass is 35.5. The predicted octanol–water partition coefficient (Wildman–Crippen LogP) is 3.50. The van der Waals surface area contributed by atoms with Gasteiger partial charge in [-0.3, -0.25) is 9.59 Å². The lowest BCUT2D eigenvalue weighted by molar-refractivity contribution is -0.147. The van der Waals surface area contributed by atoms with Gasteiger partial charge in [0.2, 0.25) is 0 Å². The Morgan fingerprint density at radius 1 is 1.37 bits per heavy atom. The summed E-state index contributed by atoms with van der Waals surface area (Å²) in [6.45, 7) is 5.25. The molecular weight excluding hydrogens is 271 g/mol. The van der Waals surface area contributed by atoms with Gasteiger partial charge >= 0.3 is 5.97 Å². The van der Waals surface area contributed by atoms with E-state index >= 15 is 0 Å². The van der Waals surface area contributed by atoms with Crippen molar-refractivity contribution in [2.45, 2.75) is 20.8 Å². The smallest absolute Gasteiger partial charge is 0.317 e. The first-order chi connectivity index (χ1) is 8.88. The zero-order valence-electron chi connectivity index (χ0n) is 11.1. The highest BCUT2D eigenvalue weighted by Gasteiger charge is 2.33. The minimum Gasteiger partial charge on any atom is -0.465 e. The first-order valence-electron chi connectivity index (χ1n) is 6.04. The summed E-state index contributed by atoms with van der Waals surface area (Å²) in [4.78, 5) is 24.1. The summed E-state index contributed by atoms with van der Waals surface area (Å²) >= 11 is 5.75. The summed E-state index contributed by atoms with van der Waals surface area (Å²) in [5, 5.41) is 0.246. The van der Waals surface area contributed by atoms with Crippen molar-refractivity contribution < 1.29 is 18.7 Å². The van der Waals surface area contributed by atoms with Crippen LogP contribution in [0.2, 0.25) is 5.02 Å². The monoisotopic (exact) mass is 286 g/mol. The zero-order chi connectivity index (χ0) is 14.6. The third-order valence-electron chi connectivity index (χ3n) is 2.68. The molecule has 0 N–H and O–H groups in total. The molecule has 1 aromatic carbocycles. The Bertz CT molecular complexity index is 486. The number of carbonyl (C=O) groups is 2. The molecule has 1 unspecified atom stereocenters. The molecule has 104 valence electrons. The Balaban J connectivity index is 3.13. The Morgan fingerprint density at radius 3 is 2.53 bits per heavy atom. The number of ether oxygens (including phenoxy) is 1. The Kier molecular flexibility index (Phi) is 5.48. The number of Topliss-reactive ketones (excluding diaryl/α,β-unsaturated/α-hetero) is 1. The van der Waals surface area contributed by atoms with Crippen molar-refractivity contribution in [1.29, 1.82) is 0 Å². The van der Waals surface area contributed by atoms with Gasteiger partial charge in [0.25, 0.3) is 0 Å². The van der Waals surface area contributed by atoms with Crippen LogP contribution in [0.1, 0.15) is 31.1 Å². The Hall–Kier alpha value is -1.42. The van der Waals surface area contributed by atoms with E-state index in [-0.39, 0.29) is 23.1 Å². The van der Waals surface area contributed by atoms with E-state index < -0.39 is 23.5 Å². The molecule has 0 amide bonds. The van der Waals surface area contributed by atoms with Gasteiger partial charge < -0.3 is 4.74 Å². The number of hydrogen-bond acceptors (Lipinski definition) is 3. The van der Waals surface area contributed by atoms with E-state index in [0.29, 0.717) is 0 Å². The van der Waals surface area contributed by atoms with E-state index in [0.717, 1.165) is 6.07 Å². The molecule has 1 aromatic rings. The minimum absolute atomic E-state index is 0.174. The molecule has 0 fully saturated rings. The van der Waals surface area contributed by atoms with Crippen LogP contribution in [0.4, 0.5) is 4.39 Å². The summed E-state index contributed by atoms with van der Waals surface area (Å²) in [6.07, 6.45) is 0. The molecule has 0 aliphatic heterocycles. The summed E-state index contributed by atoms with van der Waals surface area (Å²) in [5.74, 6) is -3.24. The molecule has 1 rings (SSSR count). The SMILES string of the molecule is CCOC(=O)C(C(=O)c1cc(Cl)ccc1F)C(C)C. The molecule has 0 bridgehead atoms. The van der Waals surface area contributed by atoms with Crippen molar-refractivity contribution in [1.82, 2.24) is 0 Å². The lowest BCUT2D eigenvalue weighted by atomic mass is 9.88. The fourth-order valence-corrected chi connectivity index (χ4v) is 1.94. The number of carbonyl (C=O) groups excluding carboxylic acids is 2. The van der Waals surface area contributed by atoms with Crippen molar-refractivity contribution in [3.05, 3.63) is 34.6 Å². The first-order valence-corrected chi connectivity index (χ1v) is 6.42. The number of hydrogen-bond donors (Lipinski definition) is 0. The van der Waals surface area contributed by atoms with Crippen molar-refractivity contribution in [2.75, 3.05) is 6.61 Å². The van der Waals surface area contributed by atoms with Crippen molar-refractivity contribution in [2.24, 2.45) is 11.8 Å². The lowest BCUT2D eigenvalue weighted by Gasteiger charge is -2.18. The molecule has 0 aromatic heterocycles. The predicted molar refractivity (Wildman–Crippen MR) is 70.7 cm³/mol. The summed E-state index contributed by atoms with van der Waals surface area (Å²) < 4.78 is 18.5. The van der Waals surface area contributed by atoms with E-state index in [9.17, 15) is 14.0 Å². The molecule has 19 heavy (non-hydrogen) atoms. The van der Waals surface area contributed by atoms with Crippen LogP contribution in [-0.2, 0) is 9.53 Å². The number of benzene rings is 1. The molecule has 1 atom stereocenters. The van der Waals surface area contributed by atoms with Gasteiger partial charge in [-0.2, -0.15) is 0 Å². The van der Waals surface area contributed by atoms with Crippen LogP contribution in [0, 0.1) is 17.7 Å². The second-order valence-electron chi connectivity index (χ2n) is 4.46. The summed E-state index contributed by atoms with van der Waals surface area (Å²) in [7, 11) is 0. The molecule has 0 saturated carbocycles. The molecule has 0 aliphatic carbocycles. The Labute approximate surface area is 116 Å². The van der Waals surface area contributed by atoms with Crippen molar-refractivity contribution in [3.8, 4) is 0 Å². The summed E-state index contributed by atoms with van der Waals surface area (Å²) in [5.41, 5.74) is -0.181. The quantitative estimate of drug-likeness (QED) is 0.473. The van der Waals surface area contributed by atoms with E-state index in [1.54, 1.807) is 20.8 Å². The number of rotatable bonds is 5. The maximum Gasteiger partial charge on any atom is 0.317 e. The molecule has 0 radical (unpaired) electrons. The topological polar surface area (TPSA) is 43.4 Å². The van der Waals surface area contributed by atoms with Crippen LogP contribution in [0.15, 0.2) is 18.2 Å². The molecule has 5 heteroatoms. The zero-order valence-corrected chi connectivity index (χ0v) is 11.8. The molecule has 3 nitrogen and oxygen atoms in total. The fourth-order valence-electron chi connectivity index (χ4n) is 1.77. The van der Waals surface area contributed by atoms with Crippen LogP contribution in [0.3, 0.4) is 0 Å². The molecule has 0 saturated heterocycles. The normalized spacial score (nSPS) is 12.3. The van der Waals surface area contributed by atoms with E-state index in [1.807, 2.05) is 0 Å². The van der Waals surface area contributed by atoms with E-state index in [1.165, 1.54) is 12.1 Å². The van der Waals surface area contributed by atoms with Gasteiger partial charge in [0.15, 0.2) is 5.78 Å². The van der Waals surface area contributed by atoms with Gasteiger partial charge in [0.05, 0.1) is 12.2 Å². The molecule has 0 spiro atoms. The van der Waals surface area contributed by atoms with Gasteiger partial charge in [-0.05, 0) is 31.0 Å². The molecule has 0 aliphatic rings. The first kappa shape index (κ1) is 15.6. The molecule has 0 heterocycles. The minimum atomic E-state index is -1.02. The van der Waals surface area contributed by atoms with Crippen LogP contribution in [0.5, 0.6) is 0 Å². The van der Waals surface area contributed by atoms with Crippen molar-refractivity contribution in [3.63, 3.8) is 0 Å². The van der Waals surface area contributed by atoms with Crippen LogP contribution >= 0.6 is 11.6 Å². The lowest BCUT2D eigenvalue weighted by Crippen LogP contribution is -2.31. The van der Waals surface area contributed by atoms with Gasteiger partial charge in [0.1, 0.15) is 11.7 Å². The van der Waals surface area contributed by atoms with Gasteiger partial charge in [0, 0.05) is 5.02 Å². The second-order valence-corrected chi connectivity index (χ2v) is 4.90. The maximum atomic E-state index is 13.7. The average Bonchev–Trinajstić information content (AvgIpc) is 2.32. The van der Waals surface area contributed by atoms with Crippen LogP contribution in [-0.4, -0.2) is 18.4 Å².